The maximum Gasteiger partial charge on any atom is 0.172 e. The highest BCUT2D eigenvalue weighted by Crippen LogP contribution is 2.31. The molecule has 1 aromatic heterocycles. The quantitative estimate of drug-likeness (QED) is 0.335. The molecular formula is C27H38ClN9. The minimum Gasteiger partial charge on any atom is -0.399 e. The van der Waals surface area contributed by atoms with Gasteiger partial charge in [0, 0.05) is 50.5 Å². The first-order chi connectivity index (χ1) is 17.9. The van der Waals surface area contributed by atoms with Gasteiger partial charge in [-0.25, -0.2) is 9.97 Å². The van der Waals surface area contributed by atoms with Gasteiger partial charge in [0.2, 0.25) is 0 Å². The van der Waals surface area contributed by atoms with Crippen molar-refractivity contribution in [2.24, 2.45) is 0 Å². The number of halogens is 1. The largest absolute Gasteiger partial charge is 0.399 e. The van der Waals surface area contributed by atoms with Crippen LogP contribution in [-0.2, 0) is 6.54 Å². The van der Waals surface area contributed by atoms with Crippen LogP contribution >= 0.6 is 11.6 Å². The van der Waals surface area contributed by atoms with Crippen LogP contribution in [0.25, 0.3) is 5.70 Å². The van der Waals surface area contributed by atoms with Crippen LogP contribution in [0.15, 0.2) is 30.8 Å². The molecule has 0 spiro atoms. The summed E-state index contributed by atoms with van der Waals surface area (Å²) in [4.78, 5) is 16.6. The van der Waals surface area contributed by atoms with E-state index in [0.717, 1.165) is 51.4 Å². The molecule has 0 aliphatic carbocycles. The number of hydrogen-bond donors (Lipinski definition) is 3. The van der Waals surface area contributed by atoms with Gasteiger partial charge in [-0.1, -0.05) is 37.2 Å². The molecule has 0 bridgehead atoms. The smallest absolute Gasteiger partial charge is 0.172 e. The Morgan fingerprint density at radius 2 is 1.89 bits per heavy atom. The molecule has 4 rings (SSSR count). The molecule has 2 saturated heterocycles. The molecule has 2 aliphatic heterocycles. The zero-order valence-corrected chi connectivity index (χ0v) is 22.4. The minimum atomic E-state index is 0.290. The average molecular weight is 524 g/mol. The molecule has 2 aliphatic rings. The third-order valence-corrected chi connectivity index (χ3v) is 7.69. The van der Waals surface area contributed by atoms with Crippen LogP contribution in [-0.4, -0.2) is 71.1 Å². The molecule has 2 fully saturated rings. The van der Waals surface area contributed by atoms with Gasteiger partial charge in [0.05, 0.1) is 18.2 Å². The van der Waals surface area contributed by atoms with Crippen LogP contribution in [0, 0.1) is 11.3 Å². The monoisotopic (exact) mass is 523 g/mol. The third-order valence-electron chi connectivity index (χ3n) is 7.44. The van der Waals surface area contributed by atoms with Crippen LogP contribution in [0.4, 0.5) is 17.3 Å². The lowest BCUT2D eigenvalue weighted by atomic mass is 9.98. The lowest BCUT2D eigenvalue weighted by molar-refractivity contribution is 0.0610. The van der Waals surface area contributed by atoms with E-state index in [1.807, 2.05) is 12.1 Å². The molecule has 2 aromatic rings. The van der Waals surface area contributed by atoms with Crippen molar-refractivity contribution in [2.75, 3.05) is 55.6 Å². The first-order valence-electron chi connectivity index (χ1n) is 13.1. The predicted octanol–water partition coefficient (Wildman–Crippen LogP) is 3.33. The second kappa shape index (κ2) is 12.5. The molecular weight excluding hydrogens is 486 g/mol. The second-order valence-corrected chi connectivity index (χ2v) is 10.2. The summed E-state index contributed by atoms with van der Waals surface area (Å²) < 4.78 is 0. The fourth-order valence-electron chi connectivity index (χ4n) is 5.39. The summed E-state index contributed by atoms with van der Waals surface area (Å²) in [6.07, 6.45) is 3.77. The Hall–Kier alpha value is -3.06. The predicted molar refractivity (Wildman–Crippen MR) is 151 cm³/mol. The highest BCUT2D eigenvalue weighted by atomic mass is 35.5. The summed E-state index contributed by atoms with van der Waals surface area (Å²) in [5, 5.41) is 12.1. The molecule has 9 nitrogen and oxygen atoms in total. The van der Waals surface area contributed by atoms with E-state index in [1.165, 1.54) is 18.4 Å². The van der Waals surface area contributed by atoms with Gasteiger partial charge in [-0.05, 0) is 50.0 Å². The number of aromatic nitrogens is 2. The fourth-order valence-corrected chi connectivity index (χ4v) is 5.64. The maximum absolute atomic E-state index is 8.74. The standard InChI is InChI=1S/C27H38ClN9/c1-3-22-18-36(27-25(28)33-24(26(31)34-27)19(2)32-12-4-11-29)15-16-37(22)23-9-13-35(14-10-23)17-20-5-7-21(30)8-6-20/h5-8,22-23,32H,2-4,9-10,12-18,30H2,1H3,(H2,31,34)/t22-/m0/s1. The summed E-state index contributed by atoms with van der Waals surface area (Å²) in [5.41, 5.74) is 15.2. The number of benzene rings is 1. The zero-order chi connectivity index (χ0) is 26.4. The van der Waals surface area contributed by atoms with Crippen LogP contribution in [0.2, 0.25) is 5.15 Å². The number of nitrogens with zero attached hydrogens (tertiary/aromatic N) is 6. The second-order valence-electron chi connectivity index (χ2n) is 9.88. The molecule has 10 heteroatoms. The van der Waals surface area contributed by atoms with Crippen molar-refractivity contribution in [2.45, 2.75) is 51.2 Å². The Balaban J connectivity index is 1.35. The summed E-state index contributed by atoms with van der Waals surface area (Å²) in [7, 11) is 0. The topological polar surface area (TPSA) is 123 Å². The Morgan fingerprint density at radius 3 is 2.57 bits per heavy atom. The van der Waals surface area contributed by atoms with E-state index < -0.39 is 0 Å². The molecule has 5 N–H and O–H groups in total. The van der Waals surface area contributed by atoms with Gasteiger partial charge in [0.15, 0.2) is 16.8 Å². The Morgan fingerprint density at radius 1 is 1.16 bits per heavy atom. The van der Waals surface area contributed by atoms with Crippen molar-refractivity contribution in [1.29, 1.82) is 5.26 Å². The van der Waals surface area contributed by atoms with Crippen molar-refractivity contribution in [1.82, 2.24) is 25.1 Å². The molecule has 37 heavy (non-hydrogen) atoms. The van der Waals surface area contributed by atoms with Gasteiger partial charge in [-0.15, -0.1) is 0 Å². The first-order valence-corrected chi connectivity index (χ1v) is 13.5. The van der Waals surface area contributed by atoms with Crippen molar-refractivity contribution in [3.05, 3.63) is 47.3 Å². The Bertz CT molecular complexity index is 1110. The molecule has 0 radical (unpaired) electrons. The van der Waals surface area contributed by atoms with Crippen molar-refractivity contribution in [3.8, 4) is 6.07 Å². The van der Waals surface area contributed by atoms with E-state index >= 15 is 0 Å². The highest BCUT2D eigenvalue weighted by molar-refractivity contribution is 6.31. The first kappa shape index (κ1) is 27.0. The molecule has 3 heterocycles. The number of rotatable bonds is 9. The summed E-state index contributed by atoms with van der Waals surface area (Å²) >= 11 is 6.59. The minimum absolute atomic E-state index is 0.290. The van der Waals surface area contributed by atoms with E-state index in [-0.39, 0.29) is 5.82 Å². The van der Waals surface area contributed by atoms with Crippen LogP contribution < -0.4 is 21.7 Å². The van der Waals surface area contributed by atoms with Crippen molar-refractivity contribution < 1.29 is 0 Å². The number of likely N-dealkylation sites (tertiary alicyclic amines) is 1. The van der Waals surface area contributed by atoms with E-state index in [2.05, 4.69) is 61.7 Å². The van der Waals surface area contributed by atoms with Gasteiger partial charge in [-0.2, -0.15) is 5.26 Å². The van der Waals surface area contributed by atoms with Gasteiger partial charge >= 0.3 is 0 Å². The number of piperidine rings is 1. The van der Waals surface area contributed by atoms with E-state index in [1.54, 1.807) is 0 Å². The van der Waals surface area contributed by atoms with Crippen LogP contribution in [0.1, 0.15) is 43.9 Å². The Kier molecular flexibility index (Phi) is 9.09. The molecule has 1 aromatic carbocycles. The molecule has 0 unspecified atom stereocenters. The fraction of sp³-hybridized carbons (Fsp3) is 0.519. The number of nitrogens with one attached hydrogen (secondary N) is 1. The Labute approximate surface area is 225 Å². The SMILES string of the molecule is C=C(NCCC#N)c1nc(Cl)c(N2CCN(C3CCN(Cc4ccc(N)cc4)CC3)[C@@H](CC)C2)nc1N. The normalized spacial score (nSPS) is 19.5. The van der Waals surface area contributed by atoms with Crippen molar-refractivity contribution >= 4 is 34.6 Å². The van der Waals surface area contributed by atoms with Gasteiger partial charge in [-0.3, -0.25) is 9.80 Å². The average Bonchev–Trinajstić information content (AvgIpc) is 2.91. The lowest BCUT2D eigenvalue weighted by Crippen LogP contribution is -2.58. The number of nitriles is 1. The van der Waals surface area contributed by atoms with E-state index in [0.29, 0.717) is 47.4 Å². The van der Waals surface area contributed by atoms with Crippen LogP contribution in [0.3, 0.4) is 0 Å². The number of nitrogen functional groups attached to an aromatic ring is 2. The third kappa shape index (κ3) is 6.63. The van der Waals surface area contributed by atoms with Crippen molar-refractivity contribution in [3.63, 3.8) is 0 Å². The van der Waals surface area contributed by atoms with E-state index in [4.69, 9.17) is 28.3 Å². The van der Waals surface area contributed by atoms with E-state index in [9.17, 15) is 0 Å². The van der Waals surface area contributed by atoms with Gasteiger partial charge < -0.3 is 21.7 Å². The molecule has 198 valence electrons. The van der Waals surface area contributed by atoms with Crippen LogP contribution in [0.5, 0.6) is 0 Å². The summed E-state index contributed by atoms with van der Waals surface area (Å²) in [6, 6.07) is 11.3. The van der Waals surface area contributed by atoms with Gasteiger partial charge in [0.25, 0.3) is 0 Å². The molecule has 0 amide bonds. The highest BCUT2D eigenvalue weighted by Gasteiger charge is 2.34. The van der Waals surface area contributed by atoms with Gasteiger partial charge in [0.1, 0.15) is 5.69 Å². The molecule has 0 saturated carbocycles. The summed E-state index contributed by atoms with van der Waals surface area (Å²) in [6.45, 7) is 12.5. The zero-order valence-electron chi connectivity index (χ0n) is 21.7. The molecule has 1 atom stereocenters. The lowest BCUT2D eigenvalue weighted by Gasteiger charge is -2.47. The maximum atomic E-state index is 8.74. The number of hydrogen-bond acceptors (Lipinski definition) is 9. The number of piperazine rings is 1. The number of nitrogens with two attached hydrogens (primary N) is 2. The summed E-state index contributed by atoms with van der Waals surface area (Å²) in [5.74, 6) is 0.918. The number of anilines is 3.